The molecule has 19 heavy (non-hydrogen) atoms. The van der Waals surface area contributed by atoms with E-state index in [0.29, 0.717) is 23.0 Å². The topological polar surface area (TPSA) is 99.9 Å². The SMILES string of the molecule is CC(C)Cn1cnnc1-c1ccc([N+](=O)[O-])cc1N. The highest BCUT2D eigenvalue weighted by molar-refractivity contribution is 5.73. The average molecular weight is 261 g/mol. The van der Waals surface area contributed by atoms with Gasteiger partial charge in [-0.15, -0.1) is 10.2 Å². The quantitative estimate of drug-likeness (QED) is 0.516. The number of nitrogen functional groups attached to an aromatic ring is 1. The minimum absolute atomic E-state index is 0.0313. The summed E-state index contributed by atoms with van der Waals surface area (Å²) in [5, 5.41) is 18.6. The van der Waals surface area contributed by atoms with Crippen LogP contribution in [0.2, 0.25) is 0 Å². The molecule has 100 valence electrons. The van der Waals surface area contributed by atoms with Gasteiger partial charge in [0, 0.05) is 29.9 Å². The third kappa shape index (κ3) is 2.70. The number of nitro benzene ring substituents is 1. The Morgan fingerprint density at radius 1 is 1.47 bits per heavy atom. The number of nitrogens with zero attached hydrogens (tertiary/aromatic N) is 4. The summed E-state index contributed by atoms with van der Waals surface area (Å²) in [6.45, 7) is 4.94. The molecule has 0 aliphatic heterocycles. The van der Waals surface area contributed by atoms with Gasteiger partial charge >= 0.3 is 0 Å². The van der Waals surface area contributed by atoms with E-state index in [-0.39, 0.29) is 5.69 Å². The monoisotopic (exact) mass is 261 g/mol. The van der Waals surface area contributed by atoms with Crippen molar-refractivity contribution in [2.24, 2.45) is 5.92 Å². The normalized spacial score (nSPS) is 10.9. The second-order valence-electron chi connectivity index (χ2n) is 4.73. The number of hydrogen-bond acceptors (Lipinski definition) is 5. The van der Waals surface area contributed by atoms with E-state index in [1.54, 1.807) is 12.4 Å². The van der Waals surface area contributed by atoms with E-state index in [2.05, 4.69) is 24.0 Å². The first-order chi connectivity index (χ1) is 8.99. The van der Waals surface area contributed by atoms with Gasteiger partial charge in [0.2, 0.25) is 0 Å². The van der Waals surface area contributed by atoms with Crippen LogP contribution in [0.1, 0.15) is 13.8 Å². The number of nitro groups is 1. The van der Waals surface area contributed by atoms with Crippen molar-refractivity contribution >= 4 is 11.4 Å². The summed E-state index contributed by atoms with van der Waals surface area (Å²) in [6.07, 6.45) is 1.64. The highest BCUT2D eigenvalue weighted by atomic mass is 16.6. The molecule has 0 saturated heterocycles. The van der Waals surface area contributed by atoms with Crippen molar-refractivity contribution in [2.75, 3.05) is 5.73 Å². The molecule has 2 N–H and O–H groups in total. The Kier molecular flexibility index (Phi) is 3.46. The fourth-order valence-corrected chi connectivity index (χ4v) is 1.86. The van der Waals surface area contributed by atoms with Gasteiger partial charge < -0.3 is 10.3 Å². The third-order valence-corrected chi connectivity index (χ3v) is 2.66. The van der Waals surface area contributed by atoms with Crippen LogP contribution >= 0.6 is 0 Å². The molecule has 1 aromatic carbocycles. The van der Waals surface area contributed by atoms with Crippen LogP contribution in [0.5, 0.6) is 0 Å². The Morgan fingerprint density at radius 2 is 2.21 bits per heavy atom. The summed E-state index contributed by atoms with van der Waals surface area (Å²) in [6, 6.07) is 4.36. The average Bonchev–Trinajstić information content (AvgIpc) is 2.75. The Bertz CT molecular complexity index is 606. The Morgan fingerprint density at radius 3 is 2.79 bits per heavy atom. The minimum atomic E-state index is -0.473. The van der Waals surface area contributed by atoms with Gasteiger partial charge in [0.15, 0.2) is 5.82 Å². The maximum atomic E-state index is 10.7. The zero-order valence-corrected chi connectivity index (χ0v) is 10.8. The van der Waals surface area contributed by atoms with Crippen molar-refractivity contribution in [2.45, 2.75) is 20.4 Å². The summed E-state index contributed by atoms with van der Waals surface area (Å²) in [5.41, 5.74) is 6.82. The minimum Gasteiger partial charge on any atom is -0.398 e. The van der Waals surface area contributed by atoms with Crippen LogP contribution in [-0.4, -0.2) is 19.7 Å². The van der Waals surface area contributed by atoms with Gasteiger partial charge in [0.1, 0.15) is 6.33 Å². The molecule has 0 saturated carbocycles. The van der Waals surface area contributed by atoms with E-state index >= 15 is 0 Å². The van der Waals surface area contributed by atoms with E-state index in [0.717, 1.165) is 6.54 Å². The van der Waals surface area contributed by atoms with Crippen LogP contribution < -0.4 is 5.73 Å². The zero-order chi connectivity index (χ0) is 14.0. The number of nitrogens with two attached hydrogens (primary N) is 1. The number of anilines is 1. The van der Waals surface area contributed by atoms with Crippen molar-refractivity contribution in [1.82, 2.24) is 14.8 Å². The first kappa shape index (κ1) is 13.0. The maximum Gasteiger partial charge on any atom is 0.271 e. The summed E-state index contributed by atoms with van der Waals surface area (Å²) in [5.74, 6) is 1.06. The number of non-ortho nitro benzene ring substituents is 1. The molecule has 0 bridgehead atoms. The number of benzene rings is 1. The molecular weight excluding hydrogens is 246 g/mol. The van der Waals surface area contributed by atoms with Crippen molar-refractivity contribution in [3.8, 4) is 11.4 Å². The van der Waals surface area contributed by atoms with Crippen molar-refractivity contribution < 1.29 is 4.92 Å². The molecule has 0 spiro atoms. The fourth-order valence-electron chi connectivity index (χ4n) is 1.86. The van der Waals surface area contributed by atoms with Gasteiger partial charge in [-0.3, -0.25) is 10.1 Å². The zero-order valence-electron chi connectivity index (χ0n) is 10.8. The van der Waals surface area contributed by atoms with E-state index in [1.807, 2.05) is 4.57 Å². The molecule has 7 nitrogen and oxygen atoms in total. The molecule has 0 aliphatic carbocycles. The van der Waals surface area contributed by atoms with E-state index < -0.39 is 4.92 Å². The lowest BCUT2D eigenvalue weighted by Crippen LogP contribution is -2.06. The second kappa shape index (κ2) is 5.05. The summed E-state index contributed by atoms with van der Waals surface area (Å²) < 4.78 is 1.89. The lowest BCUT2D eigenvalue weighted by atomic mass is 10.1. The predicted molar refractivity (Wildman–Crippen MR) is 71.4 cm³/mol. The molecule has 0 unspecified atom stereocenters. The molecule has 7 heteroatoms. The van der Waals surface area contributed by atoms with Crippen molar-refractivity contribution in [1.29, 1.82) is 0 Å². The molecule has 0 fully saturated rings. The molecule has 2 rings (SSSR count). The molecule has 1 aromatic heterocycles. The highest BCUT2D eigenvalue weighted by Crippen LogP contribution is 2.28. The van der Waals surface area contributed by atoms with E-state index in [4.69, 9.17) is 5.73 Å². The Labute approximate surface area is 110 Å². The first-order valence-corrected chi connectivity index (χ1v) is 5.91. The van der Waals surface area contributed by atoms with Crippen LogP contribution in [0.25, 0.3) is 11.4 Å². The fraction of sp³-hybridized carbons (Fsp3) is 0.333. The number of rotatable bonds is 4. The summed E-state index contributed by atoms with van der Waals surface area (Å²) in [7, 11) is 0. The van der Waals surface area contributed by atoms with Crippen LogP contribution in [0.15, 0.2) is 24.5 Å². The number of hydrogen-bond donors (Lipinski definition) is 1. The Balaban J connectivity index is 2.42. The lowest BCUT2D eigenvalue weighted by Gasteiger charge is -2.10. The predicted octanol–water partition coefficient (Wildman–Crippen LogP) is 2.09. The molecule has 0 amide bonds. The molecule has 2 aromatic rings. The van der Waals surface area contributed by atoms with E-state index in [9.17, 15) is 10.1 Å². The van der Waals surface area contributed by atoms with Gasteiger partial charge in [-0.2, -0.15) is 0 Å². The standard InChI is InChI=1S/C12H15N5O2/c1-8(2)6-16-7-14-15-12(16)10-4-3-9(17(18)19)5-11(10)13/h3-5,7-8H,6,13H2,1-2H3. The summed E-state index contributed by atoms with van der Waals surface area (Å²) >= 11 is 0. The molecule has 0 radical (unpaired) electrons. The van der Waals surface area contributed by atoms with Gasteiger partial charge in [-0.05, 0) is 12.0 Å². The van der Waals surface area contributed by atoms with Crippen molar-refractivity contribution in [3.63, 3.8) is 0 Å². The smallest absolute Gasteiger partial charge is 0.271 e. The lowest BCUT2D eigenvalue weighted by molar-refractivity contribution is -0.384. The van der Waals surface area contributed by atoms with Crippen LogP contribution in [0.4, 0.5) is 11.4 Å². The molecular formula is C12H15N5O2. The summed E-state index contributed by atoms with van der Waals surface area (Å²) in [4.78, 5) is 10.2. The largest absolute Gasteiger partial charge is 0.398 e. The first-order valence-electron chi connectivity index (χ1n) is 5.91. The van der Waals surface area contributed by atoms with Crippen LogP contribution in [0.3, 0.4) is 0 Å². The van der Waals surface area contributed by atoms with Gasteiger partial charge in [-0.25, -0.2) is 0 Å². The van der Waals surface area contributed by atoms with Gasteiger partial charge in [0.25, 0.3) is 5.69 Å². The molecule has 1 heterocycles. The highest BCUT2D eigenvalue weighted by Gasteiger charge is 2.14. The number of aromatic nitrogens is 3. The molecule has 0 atom stereocenters. The van der Waals surface area contributed by atoms with Gasteiger partial charge in [0.05, 0.1) is 4.92 Å². The Hall–Kier alpha value is -2.44. The second-order valence-corrected chi connectivity index (χ2v) is 4.73. The van der Waals surface area contributed by atoms with Crippen LogP contribution in [-0.2, 0) is 6.54 Å². The van der Waals surface area contributed by atoms with Crippen LogP contribution in [0, 0.1) is 16.0 Å². The van der Waals surface area contributed by atoms with Crippen molar-refractivity contribution in [3.05, 3.63) is 34.6 Å². The van der Waals surface area contributed by atoms with Gasteiger partial charge in [-0.1, -0.05) is 13.8 Å². The van der Waals surface area contributed by atoms with E-state index in [1.165, 1.54) is 12.1 Å². The third-order valence-electron chi connectivity index (χ3n) is 2.66. The molecule has 0 aliphatic rings. The maximum absolute atomic E-state index is 10.7.